The van der Waals surface area contributed by atoms with E-state index >= 15 is 0 Å². The number of allylic oxidation sites excluding steroid dienone is 1. The molecule has 104 valence electrons. The van der Waals surface area contributed by atoms with Gasteiger partial charge in [0.15, 0.2) is 0 Å². The number of nitrogens with one attached hydrogen (secondary N) is 2. The summed E-state index contributed by atoms with van der Waals surface area (Å²) in [5.74, 6) is 2.56. The Labute approximate surface area is 125 Å². The molecule has 5 heteroatoms. The molecule has 0 aliphatic carbocycles. The van der Waals surface area contributed by atoms with E-state index in [1.165, 1.54) is 0 Å². The molecule has 0 bridgehead atoms. The highest BCUT2D eigenvalue weighted by atomic mass is 16.1. The first-order valence-corrected chi connectivity index (χ1v) is 6.75. The quantitative estimate of drug-likeness (QED) is 0.710. The van der Waals surface area contributed by atoms with E-state index in [-0.39, 0.29) is 5.91 Å². The van der Waals surface area contributed by atoms with Gasteiger partial charge in [0.05, 0.1) is 22.3 Å². The third kappa shape index (κ3) is 1.74. The van der Waals surface area contributed by atoms with Crippen LogP contribution >= 0.6 is 0 Å². The summed E-state index contributed by atoms with van der Waals surface area (Å²) in [7, 11) is 0. The lowest BCUT2D eigenvalue weighted by Crippen LogP contribution is -2.04. The predicted molar refractivity (Wildman–Crippen MR) is 84.5 cm³/mol. The number of aromatic amines is 1. The molecule has 0 radical (unpaired) electrons. The number of rotatable bonds is 2. The second kappa shape index (κ2) is 4.62. The van der Waals surface area contributed by atoms with E-state index in [2.05, 4.69) is 20.8 Å². The molecule has 2 aromatic carbocycles. The van der Waals surface area contributed by atoms with Crippen LogP contribution in [0.15, 0.2) is 53.5 Å². The zero-order valence-electron chi connectivity index (χ0n) is 11.4. The Kier molecular flexibility index (Phi) is 2.61. The number of H-pyrrole nitrogens is 1. The fourth-order valence-corrected chi connectivity index (χ4v) is 2.59. The van der Waals surface area contributed by atoms with E-state index in [4.69, 9.17) is 5.41 Å². The van der Waals surface area contributed by atoms with Gasteiger partial charge in [-0.1, -0.05) is 30.3 Å². The van der Waals surface area contributed by atoms with Crippen LogP contribution in [-0.2, 0) is 0 Å². The van der Waals surface area contributed by atoms with Gasteiger partial charge in [0.2, 0.25) is 0 Å². The van der Waals surface area contributed by atoms with Gasteiger partial charge in [-0.25, -0.2) is 9.98 Å². The summed E-state index contributed by atoms with van der Waals surface area (Å²) in [5, 5.41) is 7.60. The molecule has 22 heavy (non-hydrogen) atoms. The second-order valence-corrected chi connectivity index (χ2v) is 4.91. The van der Waals surface area contributed by atoms with Gasteiger partial charge in [0.25, 0.3) is 5.91 Å². The van der Waals surface area contributed by atoms with Crippen LogP contribution in [-0.4, -0.2) is 27.5 Å². The average molecular weight is 286 g/mol. The van der Waals surface area contributed by atoms with Gasteiger partial charge in [-0.05, 0) is 24.1 Å². The topological polar surface area (TPSA) is 82.0 Å². The van der Waals surface area contributed by atoms with Gasteiger partial charge >= 0.3 is 0 Å². The van der Waals surface area contributed by atoms with Crippen molar-refractivity contribution < 1.29 is 4.79 Å². The Morgan fingerprint density at radius 3 is 2.55 bits per heavy atom. The van der Waals surface area contributed by atoms with Crippen molar-refractivity contribution in [1.29, 1.82) is 5.41 Å². The first kappa shape index (κ1) is 12.4. The van der Waals surface area contributed by atoms with E-state index in [0.717, 1.165) is 11.0 Å². The van der Waals surface area contributed by atoms with Crippen LogP contribution in [0.2, 0.25) is 0 Å². The van der Waals surface area contributed by atoms with E-state index in [0.29, 0.717) is 28.2 Å². The molecule has 0 fully saturated rings. The number of carbonyl (C=O) groups excluding carboxylic acids is 1. The molecule has 1 amide bonds. The molecule has 1 aliphatic rings. The molecule has 5 nitrogen and oxygen atoms in total. The Morgan fingerprint density at radius 1 is 1.05 bits per heavy atom. The van der Waals surface area contributed by atoms with E-state index in [9.17, 15) is 4.79 Å². The number of aliphatic imine (C=N–C) groups is 1. The summed E-state index contributed by atoms with van der Waals surface area (Å²) in [6, 6.07) is 14.8. The number of para-hydroxylation sites is 2. The molecular weight excluding hydrogens is 276 g/mol. The third-order valence-electron chi connectivity index (χ3n) is 3.61. The van der Waals surface area contributed by atoms with Crippen LogP contribution < -0.4 is 0 Å². The minimum Gasteiger partial charge on any atom is -0.337 e. The van der Waals surface area contributed by atoms with Gasteiger partial charge in [-0.3, -0.25) is 10.2 Å². The SMILES string of the molecule is N=C=C(C1=NC(=O)c2ccccc21)c1nc2ccccc2[nH]1. The monoisotopic (exact) mass is 286 g/mol. The van der Waals surface area contributed by atoms with Gasteiger partial charge in [-0.15, -0.1) is 0 Å². The molecule has 0 saturated heterocycles. The second-order valence-electron chi connectivity index (χ2n) is 4.91. The number of hydrogen-bond donors (Lipinski definition) is 2. The van der Waals surface area contributed by atoms with Crippen molar-refractivity contribution in [2.75, 3.05) is 0 Å². The largest absolute Gasteiger partial charge is 0.337 e. The fraction of sp³-hybridized carbons (Fsp3) is 0. The number of carbonyl (C=O) groups is 1. The average Bonchev–Trinajstić information content (AvgIpc) is 3.11. The fourth-order valence-electron chi connectivity index (χ4n) is 2.59. The summed E-state index contributed by atoms with van der Waals surface area (Å²) in [5.41, 5.74) is 3.74. The maximum absolute atomic E-state index is 12.0. The first-order chi connectivity index (χ1) is 10.8. The Hall–Kier alpha value is -3.30. The number of nitrogens with zero attached hydrogens (tertiary/aromatic N) is 2. The Balaban J connectivity index is 1.89. The van der Waals surface area contributed by atoms with E-state index in [1.807, 2.05) is 36.4 Å². The molecule has 0 atom stereocenters. The van der Waals surface area contributed by atoms with E-state index in [1.54, 1.807) is 12.1 Å². The summed E-state index contributed by atoms with van der Waals surface area (Å²) < 4.78 is 0. The van der Waals surface area contributed by atoms with Crippen LogP contribution in [0.4, 0.5) is 0 Å². The molecule has 3 aromatic rings. The molecule has 2 heterocycles. The van der Waals surface area contributed by atoms with Crippen LogP contribution in [0, 0.1) is 5.41 Å². The molecule has 0 spiro atoms. The number of amides is 1. The lowest BCUT2D eigenvalue weighted by Gasteiger charge is -2.02. The van der Waals surface area contributed by atoms with Gasteiger partial charge in [-0.2, -0.15) is 0 Å². The molecule has 4 rings (SSSR count). The normalized spacial score (nSPS) is 12.9. The van der Waals surface area contributed by atoms with Crippen molar-refractivity contribution in [2.24, 2.45) is 4.99 Å². The number of aromatic nitrogens is 2. The number of imidazole rings is 1. The number of benzene rings is 2. The van der Waals surface area contributed by atoms with Crippen molar-refractivity contribution >= 4 is 34.1 Å². The molecular formula is C17H10N4O. The van der Waals surface area contributed by atoms with Crippen molar-refractivity contribution in [3.63, 3.8) is 0 Å². The third-order valence-corrected chi connectivity index (χ3v) is 3.61. The van der Waals surface area contributed by atoms with Crippen molar-refractivity contribution in [3.05, 3.63) is 65.5 Å². The smallest absolute Gasteiger partial charge is 0.278 e. The summed E-state index contributed by atoms with van der Waals surface area (Å²) in [4.78, 5) is 23.7. The summed E-state index contributed by atoms with van der Waals surface area (Å²) >= 11 is 0. The Bertz CT molecular complexity index is 973. The number of fused-ring (bicyclic) bond motifs is 2. The summed E-state index contributed by atoms with van der Waals surface area (Å²) in [6.07, 6.45) is 0. The first-order valence-electron chi connectivity index (χ1n) is 6.75. The zero-order valence-corrected chi connectivity index (χ0v) is 11.4. The van der Waals surface area contributed by atoms with Crippen LogP contribution in [0.25, 0.3) is 16.6 Å². The Morgan fingerprint density at radius 2 is 1.77 bits per heavy atom. The highest BCUT2D eigenvalue weighted by Gasteiger charge is 2.27. The van der Waals surface area contributed by atoms with Crippen LogP contribution in [0.3, 0.4) is 0 Å². The minimum absolute atomic E-state index is 0.297. The van der Waals surface area contributed by atoms with Crippen molar-refractivity contribution in [1.82, 2.24) is 9.97 Å². The number of hydrogen-bond acceptors (Lipinski definition) is 3. The van der Waals surface area contributed by atoms with Gasteiger partial charge in [0.1, 0.15) is 11.4 Å². The standard InChI is InChI=1S/C17H10N4O/c18-9-12(16-19-13-7-3-4-8-14(13)20-16)15-10-5-1-2-6-11(10)17(22)21-15/h1-8,18H,(H,19,20). The van der Waals surface area contributed by atoms with E-state index < -0.39 is 0 Å². The molecule has 1 aliphatic heterocycles. The van der Waals surface area contributed by atoms with Crippen molar-refractivity contribution in [3.8, 4) is 0 Å². The lowest BCUT2D eigenvalue weighted by atomic mass is 10.0. The molecule has 0 unspecified atom stereocenters. The molecule has 2 N–H and O–H groups in total. The minimum atomic E-state index is -0.297. The van der Waals surface area contributed by atoms with Gasteiger partial charge < -0.3 is 4.98 Å². The van der Waals surface area contributed by atoms with Crippen LogP contribution in [0.1, 0.15) is 21.7 Å². The maximum Gasteiger partial charge on any atom is 0.278 e. The predicted octanol–water partition coefficient (Wildman–Crippen LogP) is 2.84. The zero-order chi connectivity index (χ0) is 15.1. The highest BCUT2D eigenvalue weighted by molar-refractivity contribution is 6.43. The molecule has 1 aromatic heterocycles. The van der Waals surface area contributed by atoms with Crippen LogP contribution in [0.5, 0.6) is 0 Å². The molecule has 0 saturated carbocycles. The highest BCUT2D eigenvalue weighted by Crippen LogP contribution is 2.26. The lowest BCUT2D eigenvalue weighted by molar-refractivity contribution is 0.101. The van der Waals surface area contributed by atoms with Gasteiger partial charge in [0, 0.05) is 5.56 Å². The maximum atomic E-state index is 12.0. The van der Waals surface area contributed by atoms with Crippen molar-refractivity contribution in [2.45, 2.75) is 0 Å². The summed E-state index contributed by atoms with van der Waals surface area (Å²) in [6.45, 7) is 0.